The van der Waals surface area contributed by atoms with Gasteiger partial charge in [-0.25, -0.2) is 4.79 Å². The number of ether oxygens (including phenoxy) is 1. The van der Waals surface area contributed by atoms with Crippen molar-refractivity contribution in [2.45, 2.75) is 26.3 Å². The van der Waals surface area contributed by atoms with Crippen LogP contribution in [0.15, 0.2) is 0 Å². The highest BCUT2D eigenvalue weighted by molar-refractivity contribution is 5.74. The van der Waals surface area contributed by atoms with Crippen molar-refractivity contribution >= 4 is 6.03 Å². The van der Waals surface area contributed by atoms with E-state index < -0.39 is 0 Å². The van der Waals surface area contributed by atoms with Gasteiger partial charge in [-0.15, -0.1) is 0 Å². The van der Waals surface area contributed by atoms with Crippen LogP contribution in [0.4, 0.5) is 4.79 Å². The lowest BCUT2D eigenvalue weighted by Gasteiger charge is -2.23. The maximum Gasteiger partial charge on any atom is 0.317 e. The summed E-state index contributed by atoms with van der Waals surface area (Å²) in [7, 11) is 1.64. The molecule has 5 heteroatoms. The van der Waals surface area contributed by atoms with Crippen LogP contribution in [-0.2, 0) is 4.74 Å². The van der Waals surface area contributed by atoms with Gasteiger partial charge < -0.3 is 20.1 Å². The topological polar surface area (TPSA) is 61.8 Å². The normalized spacial score (nSPS) is 12.3. The highest BCUT2D eigenvalue weighted by Crippen LogP contribution is 1.94. The lowest BCUT2D eigenvalue weighted by molar-refractivity contribution is 0.167. The van der Waals surface area contributed by atoms with Crippen LogP contribution in [0.2, 0.25) is 0 Å². The molecule has 0 aromatic heterocycles. The number of hydrogen-bond acceptors (Lipinski definition) is 3. The number of amides is 2. The first-order chi connectivity index (χ1) is 7.15. The first kappa shape index (κ1) is 14.2. The van der Waals surface area contributed by atoms with Crippen LogP contribution < -0.4 is 5.32 Å². The van der Waals surface area contributed by atoms with Gasteiger partial charge in [-0.2, -0.15) is 0 Å². The van der Waals surface area contributed by atoms with E-state index in [1.807, 2.05) is 13.8 Å². The number of carbonyl (C=O) groups is 1. The minimum atomic E-state index is -0.129. The Bertz CT molecular complexity index is 176. The highest BCUT2D eigenvalue weighted by Gasteiger charge is 2.12. The van der Waals surface area contributed by atoms with Gasteiger partial charge in [-0.05, 0) is 20.3 Å². The third-order valence-corrected chi connectivity index (χ3v) is 2.16. The van der Waals surface area contributed by atoms with E-state index in [0.29, 0.717) is 19.7 Å². The zero-order chi connectivity index (χ0) is 11.7. The van der Waals surface area contributed by atoms with E-state index in [2.05, 4.69) is 5.32 Å². The second kappa shape index (κ2) is 8.49. The molecule has 0 aliphatic heterocycles. The lowest BCUT2D eigenvalue weighted by atomic mass is 10.2. The third-order valence-electron chi connectivity index (χ3n) is 2.16. The van der Waals surface area contributed by atoms with Crippen molar-refractivity contribution in [3.05, 3.63) is 0 Å². The van der Waals surface area contributed by atoms with E-state index in [1.165, 1.54) is 0 Å². The van der Waals surface area contributed by atoms with Crippen LogP contribution in [-0.4, -0.2) is 55.5 Å². The summed E-state index contributed by atoms with van der Waals surface area (Å²) in [6, 6.07) is -0.0413. The number of likely N-dealkylation sites (N-methyl/N-ethyl adjacent to an activating group) is 1. The molecule has 0 heterocycles. The Morgan fingerprint density at radius 2 is 2.27 bits per heavy atom. The molecule has 0 aliphatic rings. The Kier molecular flexibility index (Phi) is 8.04. The largest absolute Gasteiger partial charge is 0.395 e. The summed E-state index contributed by atoms with van der Waals surface area (Å²) in [6.07, 6.45) is 0.791. The van der Waals surface area contributed by atoms with E-state index >= 15 is 0 Å². The quantitative estimate of drug-likeness (QED) is 0.651. The summed E-state index contributed by atoms with van der Waals surface area (Å²) >= 11 is 0. The zero-order valence-electron chi connectivity index (χ0n) is 9.82. The fourth-order valence-corrected chi connectivity index (χ4v) is 1.19. The van der Waals surface area contributed by atoms with Crippen molar-refractivity contribution in [1.82, 2.24) is 10.2 Å². The minimum Gasteiger partial charge on any atom is -0.395 e. The van der Waals surface area contributed by atoms with Gasteiger partial charge in [0, 0.05) is 32.8 Å². The summed E-state index contributed by atoms with van der Waals surface area (Å²) in [4.78, 5) is 13.2. The van der Waals surface area contributed by atoms with Crippen LogP contribution in [0.3, 0.4) is 0 Å². The number of urea groups is 1. The minimum absolute atomic E-state index is 0.00624. The van der Waals surface area contributed by atoms with Gasteiger partial charge >= 0.3 is 6.03 Å². The van der Waals surface area contributed by atoms with Crippen molar-refractivity contribution < 1.29 is 14.6 Å². The number of hydrogen-bond donors (Lipinski definition) is 2. The molecule has 90 valence electrons. The smallest absolute Gasteiger partial charge is 0.317 e. The molecule has 1 atom stereocenters. The molecular weight excluding hydrogens is 196 g/mol. The first-order valence-corrected chi connectivity index (χ1v) is 5.30. The molecule has 0 aromatic carbocycles. The van der Waals surface area contributed by atoms with E-state index in [0.717, 1.165) is 6.42 Å². The van der Waals surface area contributed by atoms with Crippen LogP contribution in [0, 0.1) is 0 Å². The summed E-state index contributed by atoms with van der Waals surface area (Å²) < 4.78 is 4.92. The van der Waals surface area contributed by atoms with Gasteiger partial charge in [0.25, 0.3) is 0 Å². The van der Waals surface area contributed by atoms with Crippen LogP contribution in [0.1, 0.15) is 20.3 Å². The van der Waals surface area contributed by atoms with Crippen molar-refractivity contribution in [1.29, 1.82) is 0 Å². The van der Waals surface area contributed by atoms with E-state index in [-0.39, 0.29) is 18.7 Å². The van der Waals surface area contributed by atoms with Gasteiger partial charge in [-0.3, -0.25) is 0 Å². The maximum absolute atomic E-state index is 11.6. The highest BCUT2D eigenvalue weighted by atomic mass is 16.5. The van der Waals surface area contributed by atoms with Crippen molar-refractivity contribution in [3.8, 4) is 0 Å². The van der Waals surface area contributed by atoms with E-state index in [9.17, 15) is 4.79 Å². The predicted molar refractivity (Wildman–Crippen MR) is 58.8 cm³/mol. The standard InChI is InChI=1S/C10H22N2O3/c1-4-12(6-7-13)10(14)11-9(2)5-8-15-3/h9,13H,4-8H2,1-3H3,(H,11,14). The fourth-order valence-electron chi connectivity index (χ4n) is 1.19. The monoisotopic (exact) mass is 218 g/mol. The molecule has 1 unspecified atom stereocenters. The van der Waals surface area contributed by atoms with Gasteiger partial charge in [0.05, 0.1) is 6.61 Å². The molecule has 15 heavy (non-hydrogen) atoms. The third kappa shape index (κ3) is 6.30. The van der Waals surface area contributed by atoms with Crippen LogP contribution in [0.25, 0.3) is 0 Å². The zero-order valence-corrected chi connectivity index (χ0v) is 9.82. The maximum atomic E-state index is 11.6. The molecule has 2 N–H and O–H groups in total. The molecule has 0 bridgehead atoms. The number of aliphatic hydroxyl groups excluding tert-OH is 1. The molecule has 0 saturated heterocycles. The summed E-state index contributed by atoms with van der Waals surface area (Å²) in [6.45, 7) is 5.42. The molecule has 0 saturated carbocycles. The van der Waals surface area contributed by atoms with Crippen molar-refractivity contribution in [3.63, 3.8) is 0 Å². The number of aliphatic hydroxyl groups is 1. The first-order valence-electron chi connectivity index (χ1n) is 5.30. The average molecular weight is 218 g/mol. The molecule has 2 amide bonds. The van der Waals surface area contributed by atoms with Gasteiger partial charge in [0.15, 0.2) is 0 Å². The molecule has 5 nitrogen and oxygen atoms in total. The fraction of sp³-hybridized carbons (Fsp3) is 0.900. The van der Waals surface area contributed by atoms with Crippen molar-refractivity contribution in [2.24, 2.45) is 0 Å². The van der Waals surface area contributed by atoms with Gasteiger partial charge in [0.2, 0.25) is 0 Å². The summed E-state index contributed by atoms with van der Waals surface area (Å²) in [5, 5.41) is 11.6. The Hall–Kier alpha value is -0.810. The second-order valence-electron chi connectivity index (χ2n) is 3.44. The Balaban J connectivity index is 3.87. The number of nitrogens with zero attached hydrogens (tertiary/aromatic N) is 1. The lowest BCUT2D eigenvalue weighted by Crippen LogP contribution is -2.45. The van der Waals surface area contributed by atoms with Crippen LogP contribution >= 0.6 is 0 Å². The molecule has 0 rings (SSSR count). The van der Waals surface area contributed by atoms with Gasteiger partial charge in [-0.1, -0.05) is 0 Å². The van der Waals surface area contributed by atoms with Crippen LogP contribution in [0.5, 0.6) is 0 Å². The Morgan fingerprint density at radius 1 is 1.60 bits per heavy atom. The number of nitrogens with one attached hydrogen (secondary N) is 1. The molecular formula is C10H22N2O3. The van der Waals surface area contributed by atoms with E-state index in [1.54, 1.807) is 12.0 Å². The molecule has 0 radical (unpaired) electrons. The second-order valence-corrected chi connectivity index (χ2v) is 3.44. The van der Waals surface area contributed by atoms with E-state index in [4.69, 9.17) is 9.84 Å². The Morgan fingerprint density at radius 3 is 2.73 bits per heavy atom. The molecule has 0 aromatic rings. The average Bonchev–Trinajstić information content (AvgIpc) is 2.22. The molecule has 0 fully saturated rings. The summed E-state index contributed by atoms with van der Waals surface area (Å²) in [5.41, 5.74) is 0. The Labute approximate surface area is 91.4 Å². The van der Waals surface area contributed by atoms with Gasteiger partial charge in [0.1, 0.15) is 0 Å². The SMILES string of the molecule is CCN(CCO)C(=O)NC(C)CCOC. The predicted octanol–water partition coefficient (Wildman–Crippen LogP) is 0.435. The molecule has 0 spiro atoms. The summed E-state index contributed by atoms with van der Waals surface area (Å²) in [5.74, 6) is 0. The number of methoxy groups -OCH3 is 1. The van der Waals surface area contributed by atoms with Crippen molar-refractivity contribution in [2.75, 3.05) is 33.4 Å². The number of rotatable bonds is 7. The molecule has 0 aliphatic carbocycles. The number of carbonyl (C=O) groups excluding carboxylic acids is 1.